The smallest absolute Gasteiger partial charge is 0.407 e. The number of carbonyl (C=O) groups excluding carboxylic acids is 2. The Morgan fingerprint density at radius 3 is 1.74 bits per heavy atom. The Bertz CT molecular complexity index is 546. The number of amides is 2. The van der Waals surface area contributed by atoms with Crippen LogP contribution in [0, 0.1) is 0 Å². The molecular formula is C27H52N2O5. The fourth-order valence-electron chi connectivity index (χ4n) is 3.81. The first-order valence-electron chi connectivity index (χ1n) is 13.6. The molecule has 0 aromatic heterocycles. The van der Waals surface area contributed by atoms with E-state index in [0.29, 0.717) is 32.2 Å². The summed E-state index contributed by atoms with van der Waals surface area (Å²) < 4.78 is 5.15. The van der Waals surface area contributed by atoms with Crippen molar-refractivity contribution in [2.45, 2.75) is 148 Å². The van der Waals surface area contributed by atoms with Crippen LogP contribution in [0.2, 0.25) is 0 Å². The Kier molecular flexibility index (Phi) is 19.5. The summed E-state index contributed by atoms with van der Waals surface area (Å²) in [7, 11) is 0. The van der Waals surface area contributed by atoms with Gasteiger partial charge in [-0.1, -0.05) is 84.0 Å². The topological polar surface area (TPSA) is 105 Å². The maximum absolute atomic E-state index is 12.1. The molecule has 0 aliphatic rings. The van der Waals surface area contributed by atoms with Crippen molar-refractivity contribution in [1.82, 2.24) is 10.6 Å². The lowest BCUT2D eigenvalue weighted by molar-refractivity contribution is -0.142. The van der Waals surface area contributed by atoms with Gasteiger partial charge < -0.3 is 20.5 Å². The number of carboxylic acids is 1. The molecule has 0 spiro atoms. The van der Waals surface area contributed by atoms with Crippen molar-refractivity contribution >= 4 is 18.0 Å². The molecule has 7 heteroatoms. The van der Waals surface area contributed by atoms with Crippen LogP contribution < -0.4 is 10.6 Å². The molecule has 200 valence electrons. The average molecular weight is 485 g/mol. The normalized spacial score (nSPS) is 12.2. The molecule has 0 rings (SSSR count). The molecular weight excluding hydrogens is 432 g/mol. The molecule has 0 unspecified atom stereocenters. The van der Waals surface area contributed by atoms with E-state index < -0.39 is 23.7 Å². The predicted octanol–water partition coefficient (Wildman–Crippen LogP) is 6.73. The summed E-state index contributed by atoms with van der Waals surface area (Å²) in [6.07, 6.45) is 17.7. The maximum atomic E-state index is 12.1. The average Bonchev–Trinajstić information content (AvgIpc) is 2.74. The van der Waals surface area contributed by atoms with E-state index in [-0.39, 0.29) is 5.91 Å². The van der Waals surface area contributed by atoms with E-state index in [2.05, 4.69) is 17.6 Å². The van der Waals surface area contributed by atoms with Gasteiger partial charge in [0.1, 0.15) is 11.6 Å². The van der Waals surface area contributed by atoms with Crippen LogP contribution in [0.1, 0.15) is 137 Å². The largest absolute Gasteiger partial charge is 0.480 e. The van der Waals surface area contributed by atoms with Crippen molar-refractivity contribution < 1.29 is 24.2 Å². The van der Waals surface area contributed by atoms with E-state index in [9.17, 15) is 19.5 Å². The zero-order chi connectivity index (χ0) is 25.7. The monoisotopic (exact) mass is 484 g/mol. The molecule has 0 saturated carbocycles. The van der Waals surface area contributed by atoms with Crippen LogP contribution >= 0.6 is 0 Å². The summed E-state index contributed by atoms with van der Waals surface area (Å²) in [5, 5.41) is 14.7. The second kappa shape index (κ2) is 20.6. The molecule has 0 radical (unpaired) electrons. The molecule has 7 nitrogen and oxygen atoms in total. The Hall–Kier alpha value is -1.79. The summed E-state index contributed by atoms with van der Waals surface area (Å²) in [5.41, 5.74) is -0.546. The molecule has 0 heterocycles. The van der Waals surface area contributed by atoms with Crippen molar-refractivity contribution in [1.29, 1.82) is 0 Å². The fourth-order valence-corrected chi connectivity index (χ4v) is 3.81. The van der Waals surface area contributed by atoms with Crippen LogP contribution in [-0.2, 0) is 14.3 Å². The second-order valence-corrected chi connectivity index (χ2v) is 10.4. The number of alkyl carbamates (subject to hydrolysis) is 1. The molecule has 0 aliphatic carbocycles. The second-order valence-electron chi connectivity index (χ2n) is 10.4. The highest BCUT2D eigenvalue weighted by Gasteiger charge is 2.19. The quantitative estimate of drug-likeness (QED) is 0.157. The number of ether oxygens (including phenoxy) is 1. The minimum absolute atomic E-state index is 0.192. The van der Waals surface area contributed by atoms with Gasteiger partial charge in [0.15, 0.2) is 0 Å². The van der Waals surface area contributed by atoms with Gasteiger partial charge in [0.25, 0.3) is 0 Å². The highest BCUT2D eigenvalue weighted by molar-refractivity contribution is 5.83. The zero-order valence-electron chi connectivity index (χ0n) is 22.4. The van der Waals surface area contributed by atoms with Gasteiger partial charge in [-0.25, -0.2) is 9.59 Å². The molecule has 0 fully saturated rings. The van der Waals surface area contributed by atoms with Gasteiger partial charge in [0, 0.05) is 13.0 Å². The molecule has 0 aromatic carbocycles. The van der Waals surface area contributed by atoms with Gasteiger partial charge >= 0.3 is 12.1 Å². The fraction of sp³-hybridized carbons (Fsp3) is 0.889. The lowest BCUT2D eigenvalue weighted by Crippen LogP contribution is -2.40. The Balaban J connectivity index is 3.72. The van der Waals surface area contributed by atoms with E-state index in [1.54, 1.807) is 20.8 Å². The van der Waals surface area contributed by atoms with Crippen LogP contribution in [0.15, 0.2) is 0 Å². The Morgan fingerprint density at radius 2 is 1.26 bits per heavy atom. The van der Waals surface area contributed by atoms with Crippen LogP contribution in [0.4, 0.5) is 4.79 Å². The molecule has 1 atom stereocenters. The van der Waals surface area contributed by atoms with Gasteiger partial charge in [0.2, 0.25) is 5.91 Å². The number of hydrogen-bond acceptors (Lipinski definition) is 4. The highest BCUT2D eigenvalue weighted by Crippen LogP contribution is 2.13. The third-order valence-corrected chi connectivity index (χ3v) is 5.73. The number of rotatable bonds is 21. The lowest BCUT2D eigenvalue weighted by atomic mass is 10.0. The molecule has 0 aromatic rings. The third kappa shape index (κ3) is 22.0. The predicted molar refractivity (Wildman–Crippen MR) is 138 cm³/mol. The Morgan fingerprint density at radius 1 is 0.765 bits per heavy atom. The van der Waals surface area contributed by atoms with Crippen LogP contribution in [0.5, 0.6) is 0 Å². The summed E-state index contributed by atoms with van der Waals surface area (Å²) in [6, 6.07) is -0.879. The summed E-state index contributed by atoms with van der Waals surface area (Å²) in [5.74, 6) is -1.21. The number of nitrogens with one attached hydrogen (secondary N) is 2. The van der Waals surface area contributed by atoms with Gasteiger partial charge in [-0.3, -0.25) is 4.79 Å². The van der Waals surface area contributed by atoms with Crippen molar-refractivity contribution in [2.75, 3.05) is 6.54 Å². The van der Waals surface area contributed by atoms with Gasteiger partial charge in [-0.15, -0.1) is 0 Å². The minimum Gasteiger partial charge on any atom is -0.480 e. The van der Waals surface area contributed by atoms with E-state index in [0.717, 1.165) is 19.3 Å². The summed E-state index contributed by atoms with van der Waals surface area (Å²) in [4.78, 5) is 35.2. The first kappa shape index (κ1) is 32.2. The van der Waals surface area contributed by atoms with Crippen LogP contribution in [0.25, 0.3) is 0 Å². The van der Waals surface area contributed by atoms with E-state index in [1.807, 2.05) is 0 Å². The summed E-state index contributed by atoms with van der Waals surface area (Å²) in [6.45, 7) is 8.05. The maximum Gasteiger partial charge on any atom is 0.407 e. The number of carboxylic acid groups (broad SMARTS) is 1. The van der Waals surface area contributed by atoms with Crippen molar-refractivity contribution in [3.8, 4) is 0 Å². The van der Waals surface area contributed by atoms with Gasteiger partial charge in [-0.05, 0) is 46.5 Å². The summed E-state index contributed by atoms with van der Waals surface area (Å²) >= 11 is 0. The van der Waals surface area contributed by atoms with Crippen molar-refractivity contribution in [3.63, 3.8) is 0 Å². The van der Waals surface area contributed by atoms with Gasteiger partial charge in [-0.2, -0.15) is 0 Å². The lowest BCUT2D eigenvalue weighted by Gasteiger charge is -2.19. The molecule has 3 N–H and O–H groups in total. The first-order valence-corrected chi connectivity index (χ1v) is 13.6. The van der Waals surface area contributed by atoms with Gasteiger partial charge in [0.05, 0.1) is 0 Å². The first-order chi connectivity index (χ1) is 16.2. The molecule has 34 heavy (non-hydrogen) atoms. The van der Waals surface area contributed by atoms with Crippen molar-refractivity contribution in [3.05, 3.63) is 0 Å². The molecule has 0 bridgehead atoms. The molecule has 0 aliphatic heterocycles. The number of carbonyl (C=O) groups is 3. The Labute approximate surface area is 208 Å². The molecule has 2 amide bonds. The van der Waals surface area contributed by atoms with Crippen molar-refractivity contribution in [2.24, 2.45) is 0 Å². The highest BCUT2D eigenvalue weighted by atomic mass is 16.6. The van der Waals surface area contributed by atoms with E-state index in [1.165, 1.54) is 64.2 Å². The number of aliphatic carboxylic acids is 1. The standard InChI is InChI=1S/C27H52N2O5/c1-5-6-7-8-9-10-11-12-13-14-15-16-17-21-24(30)29-23(25(31)32)20-18-19-22-28-26(33)34-27(2,3)4/h23H,5-22H2,1-4H3,(H,28,33)(H,29,30)(H,31,32)/t23-/m0/s1. The van der Waals surface area contributed by atoms with Crippen LogP contribution in [-0.4, -0.2) is 41.3 Å². The number of unbranched alkanes of at least 4 members (excludes halogenated alkanes) is 13. The third-order valence-electron chi connectivity index (χ3n) is 5.73. The minimum atomic E-state index is -1.01. The van der Waals surface area contributed by atoms with E-state index >= 15 is 0 Å². The van der Waals surface area contributed by atoms with Crippen LogP contribution in [0.3, 0.4) is 0 Å². The van der Waals surface area contributed by atoms with E-state index in [4.69, 9.17) is 4.74 Å². The molecule has 0 saturated heterocycles. The zero-order valence-corrected chi connectivity index (χ0v) is 22.4. The SMILES string of the molecule is CCCCCCCCCCCCCCCC(=O)N[C@@H](CCCCNC(=O)OC(C)(C)C)C(=O)O. The number of hydrogen-bond donors (Lipinski definition) is 3.